The summed E-state index contributed by atoms with van der Waals surface area (Å²) in [6, 6.07) is 24.4. The highest BCUT2D eigenvalue weighted by atomic mass is 16.6. The highest BCUT2D eigenvalue weighted by molar-refractivity contribution is 5.86. The molecular formula is C29H30N8O3. The lowest BCUT2D eigenvalue weighted by molar-refractivity contribution is -0.385. The Labute approximate surface area is 232 Å². The van der Waals surface area contributed by atoms with Crippen LogP contribution in [0.4, 0.5) is 34.9 Å². The van der Waals surface area contributed by atoms with Crippen LogP contribution in [0.1, 0.15) is 38.7 Å². The number of hydrazone groups is 1. The van der Waals surface area contributed by atoms with Crippen molar-refractivity contribution in [1.82, 2.24) is 15.0 Å². The van der Waals surface area contributed by atoms with Crippen molar-refractivity contribution in [2.45, 2.75) is 45.2 Å². The number of phenolic OH excluding ortho intramolecular Hbond substituents is 1. The minimum Gasteiger partial charge on any atom is -0.502 e. The van der Waals surface area contributed by atoms with E-state index in [0.29, 0.717) is 11.9 Å². The highest BCUT2D eigenvalue weighted by Gasteiger charge is 2.29. The number of nitrogens with zero attached hydrogens (tertiary/aromatic N) is 7. The summed E-state index contributed by atoms with van der Waals surface area (Å²) in [6.07, 6.45) is 4.49. The Bertz CT molecular complexity index is 1450. The average molecular weight is 539 g/mol. The Morgan fingerprint density at radius 3 is 2.17 bits per heavy atom. The quantitative estimate of drug-likeness (QED) is 0.153. The van der Waals surface area contributed by atoms with Gasteiger partial charge < -0.3 is 10.0 Å². The molecule has 1 aliphatic heterocycles. The van der Waals surface area contributed by atoms with Crippen LogP contribution < -0.4 is 15.2 Å². The molecule has 204 valence electrons. The molecule has 40 heavy (non-hydrogen) atoms. The number of nitro groups is 1. The topological polar surface area (TPSA) is 133 Å². The zero-order valence-corrected chi connectivity index (χ0v) is 22.3. The molecule has 0 amide bonds. The Morgan fingerprint density at radius 1 is 0.950 bits per heavy atom. The van der Waals surface area contributed by atoms with Gasteiger partial charge in [0, 0.05) is 35.1 Å². The summed E-state index contributed by atoms with van der Waals surface area (Å²) in [5.41, 5.74) is 4.39. The van der Waals surface area contributed by atoms with Crippen LogP contribution >= 0.6 is 0 Å². The monoisotopic (exact) mass is 538 g/mol. The molecule has 3 aromatic carbocycles. The molecule has 0 radical (unpaired) electrons. The molecule has 11 nitrogen and oxygen atoms in total. The first-order valence-corrected chi connectivity index (χ1v) is 13.1. The minimum absolute atomic E-state index is 0.185. The summed E-state index contributed by atoms with van der Waals surface area (Å²) in [5.74, 6) is 0.661. The predicted octanol–water partition coefficient (Wildman–Crippen LogP) is 6.17. The van der Waals surface area contributed by atoms with Gasteiger partial charge in [-0.3, -0.25) is 15.0 Å². The number of para-hydroxylation sites is 3. The molecule has 11 heteroatoms. The molecule has 2 heterocycles. The predicted molar refractivity (Wildman–Crippen MR) is 156 cm³/mol. The van der Waals surface area contributed by atoms with Gasteiger partial charge >= 0.3 is 5.69 Å². The zero-order valence-electron chi connectivity index (χ0n) is 22.3. The van der Waals surface area contributed by atoms with Gasteiger partial charge in [-0.15, -0.1) is 0 Å². The average Bonchev–Trinajstić information content (AvgIpc) is 2.95. The summed E-state index contributed by atoms with van der Waals surface area (Å²) < 4.78 is 0. The van der Waals surface area contributed by atoms with Gasteiger partial charge in [0.05, 0.1) is 11.1 Å². The molecule has 1 aliphatic rings. The van der Waals surface area contributed by atoms with Crippen molar-refractivity contribution in [3.63, 3.8) is 0 Å². The number of aromatic nitrogens is 3. The lowest BCUT2D eigenvalue weighted by Gasteiger charge is -2.39. The third-order valence-electron chi connectivity index (χ3n) is 6.88. The van der Waals surface area contributed by atoms with Gasteiger partial charge in [0.15, 0.2) is 0 Å². The largest absolute Gasteiger partial charge is 0.502 e. The second kappa shape index (κ2) is 11.8. The molecule has 0 aliphatic carbocycles. The fourth-order valence-corrected chi connectivity index (χ4v) is 4.93. The normalized spacial score (nSPS) is 17.1. The molecule has 0 bridgehead atoms. The standard InChI is InChI=1S/C29H30N8O3/c1-20-11-9-12-21(2)35(20)28-31-27(34-30-19-22-13-10-18-25(26(22)38)37(39)40)32-29(33-28)36(23-14-5-3-6-15-23)24-16-7-4-8-17-24/h3-8,10,13-21,38H,9,11-12H2,1-2H3,(H,31,32,33,34)/b30-19-/t20-,21-/m0/s1. The van der Waals surface area contributed by atoms with Crippen LogP contribution in [0, 0.1) is 10.1 Å². The smallest absolute Gasteiger partial charge is 0.311 e. The van der Waals surface area contributed by atoms with Gasteiger partial charge in [0.2, 0.25) is 23.6 Å². The SMILES string of the molecule is C[C@H]1CCC[C@H](C)N1c1nc(N/N=C\c2cccc([N+](=O)[O-])c2O)nc(N(c2ccccc2)c2ccccc2)n1. The number of phenols is 1. The van der Waals surface area contributed by atoms with Crippen molar-refractivity contribution in [3.8, 4) is 5.75 Å². The van der Waals surface area contributed by atoms with Gasteiger partial charge in [-0.2, -0.15) is 20.1 Å². The lowest BCUT2D eigenvalue weighted by atomic mass is 9.98. The summed E-state index contributed by atoms with van der Waals surface area (Å²) >= 11 is 0. The van der Waals surface area contributed by atoms with Crippen LogP contribution in [0.2, 0.25) is 0 Å². The maximum absolute atomic E-state index is 11.2. The van der Waals surface area contributed by atoms with Crippen molar-refractivity contribution in [2.75, 3.05) is 15.2 Å². The number of piperidine rings is 1. The second-order valence-corrected chi connectivity index (χ2v) is 9.64. The van der Waals surface area contributed by atoms with E-state index in [0.717, 1.165) is 30.6 Å². The first-order valence-electron chi connectivity index (χ1n) is 13.1. The number of nitro benzene ring substituents is 1. The molecule has 2 atom stereocenters. The summed E-state index contributed by atoms with van der Waals surface area (Å²) in [7, 11) is 0. The first kappa shape index (κ1) is 26.5. The fourth-order valence-electron chi connectivity index (χ4n) is 4.93. The molecular weight excluding hydrogens is 508 g/mol. The van der Waals surface area contributed by atoms with Crippen molar-refractivity contribution in [2.24, 2.45) is 5.10 Å². The van der Waals surface area contributed by atoms with E-state index in [1.54, 1.807) is 0 Å². The van der Waals surface area contributed by atoms with E-state index in [-0.39, 0.29) is 23.6 Å². The van der Waals surface area contributed by atoms with E-state index in [1.165, 1.54) is 24.4 Å². The Morgan fingerprint density at radius 2 is 1.57 bits per heavy atom. The van der Waals surface area contributed by atoms with Crippen molar-refractivity contribution >= 4 is 41.1 Å². The molecule has 2 N–H and O–H groups in total. The zero-order chi connectivity index (χ0) is 28.1. The van der Waals surface area contributed by atoms with Gasteiger partial charge in [0.1, 0.15) is 0 Å². The highest BCUT2D eigenvalue weighted by Crippen LogP contribution is 2.35. The summed E-state index contributed by atoms with van der Waals surface area (Å²) in [6.45, 7) is 4.34. The molecule has 1 aromatic heterocycles. The Kier molecular flexibility index (Phi) is 7.81. The van der Waals surface area contributed by atoms with Gasteiger partial charge in [-0.1, -0.05) is 42.5 Å². The Hall–Kier alpha value is -5.06. The van der Waals surface area contributed by atoms with Gasteiger partial charge in [-0.25, -0.2) is 5.43 Å². The number of hydrogen-bond donors (Lipinski definition) is 2. The third-order valence-corrected chi connectivity index (χ3v) is 6.88. The van der Waals surface area contributed by atoms with Crippen molar-refractivity contribution in [3.05, 3.63) is 94.5 Å². The first-order chi connectivity index (χ1) is 19.4. The number of hydrogen-bond acceptors (Lipinski definition) is 10. The van der Waals surface area contributed by atoms with Crippen LogP contribution in [-0.2, 0) is 0 Å². The fraction of sp³-hybridized carbons (Fsp3) is 0.241. The molecule has 1 fully saturated rings. The molecule has 0 unspecified atom stereocenters. The van der Waals surface area contributed by atoms with Crippen molar-refractivity contribution in [1.29, 1.82) is 0 Å². The number of rotatable bonds is 8. The molecule has 1 saturated heterocycles. The number of aromatic hydroxyl groups is 1. The Balaban J connectivity index is 1.58. The van der Waals surface area contributed by atoms with Crippen molar-refractivity contribution < 1.29 is 10.0 Å². The van der Waals surface area contributed by atoms with Crippen LogP contribution in [0.5, 0.6) is 5.75 Å². The van der Waals surface area contributed by atoms with E-state index >= 15 is 0 Å². The third kappa shape index (κ3) is 5.68. The van der Waals surface area contributed by atoms with Crippen LogP contribution in [-0.4, -0.2) is 43.3 Å². The maximum atomic E-state index is 11.2. The molecule has 0 saturated carbocycles. The van der Waals surface area contributed by atoms with E-state index in [9.17, 15) is 15.2 Å². The van der Waals surface area contributed by atoms with E-state index in [2.05, 4.69) is 29.3 Å². The van der Waals surface area contributed by atoms with E-state index < -0.39 is 16.4 Å². The minimum atomic E-state index is -0.646. The maximum Gasteiger partial charge on any atom is 0.311 e. The van der Waals surface area contributed by atoms with E-state index in [4.69, 9.17) is 15.0 Å². The van der Waals surface area contributed by atoms with Gasteiger partial charge in [0.25, 0.3) is 0 Å². The van der Waals surface area contributed by atoms with Crippen LogP contribution in [0.3, 0.4) is 0 Å². The van der Waals surface area contributed by atoms with Gasteiger partial charge in [-0.05, 0) is 63.4 Å². The summed E-state index contributed by atoms with van der Waals surface area (Å²) in [5, 5.41) is 25.7. The number of anilines is 5. The molecule has 5 rings (SSSR count). The lowest BCUT2D eigenvalue weighted by Crippen LogP contribution is -2.45. The second-order valence-electron chi connectivity index (χ2n) is 9.64. The molecule has 4 aromatic rings. The van der Waals surface area contributed by atoms with Crippen LogP contribution in [0.15, 0.2) is 84.0 Å². The molecule has 0 spiro atoms. The number of nitrogens with one attached hydrogen (secondary N) is 1. The number of benzene rings is 3. The van der Waals surface area contributed by atoms with Crippen LogP contribution in [0.25, 0.3) is 0 Å². The van der Waals surface area contributed by atoms with E-state index in [1.807, 2.05) is 65.6 Å². The summed E-state index contributed by atoms with van der Waals surface area (Å²) in [4.78, 5) is 29.1.